The molecular weight excluding hydrogens is 556 g/mol. The van der Waals surface area contributed by atoms with Gasteiger partial charge in [-0.1, -0.05) is 91.0 Å². The minimum atomic E-state index is -1.55. The molecule has 6 aromatic rings. The van der Waals surface area contributed by atoms with Gasteiger partial charge in [0.2, 0.25) is 0 Å². The third kappa shape index (κ3) is 6.17. The summed E-state index contributed by atoms with van der Waals surface area (Å²) < 4.78 is 6.31. The van der Waals surface area contributed by atoms with E-state index in [2.05, 4.69) is 89.1 Å². The molecular formula is C30H28BN9Ni. The normalized spacial score (nSPS) is 10.4. The molecule has 0 saturated carbocycles. The van der Waals surface area contributed by atoms with E-state index in [9.17, 15) is 0 Å². The van der Waals surface area contributed by atoms with E-state index in [4.69, 9.17) is 26.4 Å². The SMILES string of the molecule is Cc1cc(-c2ccccc2)nn1[BH-](n1nc(-c2ccccc2)cc1C)n1nc(-c2ccccc2)cc1C.[N-]=[N+]=[N-].[Ni+2]. The minimum Gasteiger partial charge on any atom is -0.400 e. The fraction of sp³-hybridized carbons (Fsp3) is 0.100. The van der Waals surface area contributed by atoms with Crippen LogP contribution in [0.1, 0.15) is 17.1 Å². The molecule has 0 aliphatic rings. The molecule has 0 atom stereocenters. The molecule has 0 aliphatic carbocycles. The van der Waals surface area contributed by atoms with Crippen molar-refractivity contribution in [1.29, 1.82) is 0 Å². The summed E-state index contributed by atoms with van der Waals surface area (Å²) in [6, 6.07) is 37.3. The van der Waals surface area contributed by atoms with Crippen LogP contribution < -0.4 is 0 Å². The topological polar surface area (TPSA) is 112 Å². The molecule has 0 spiro atoms. The number of nitrogens with zero attached hydrogens (tertiary/aromatic N) is 9. The van der Waals surface area contributed by atoms with Gasteiger partial charge in [-0.2, -0.15) is 0 Å². The van der Waals surface area contributed by atoms with Gasteiger partial charge in [-0.05, 0) is 56.1 Å². The van der Waals surface area contributed by atoms with Crippen LogP contribution in [0.15, 0.2) is 109 Å². The summed E-state index contributed by atoms with van der Waals surface area (Å²) in [6.07, 6.45) is 0. The van der Waals surface area contributed by atoms with E-state index in [0.29, 0.717) is 0 Å². The molecule has 0 amide bonds. The van der Waals surface area contributed by atoms with E-state index in [1.165, 1.54) is 4.91 Å². The van der Waals surface area contributed by atoms with Crippen molar-refractivity contribution in [2.75, 3.05) is 0 Å². The van der Waals surface area contributed by atoms with Gasteiger partial charge in [0.15, 0.2) is 0 Å². The molecule has 0 aliphatic heterocycles. The number of rotatable bonds is 6. The Morgan fingerprint density at radius 3 is 1.00 bits per heavy atom. The summed E-state index contributed by atoms with van der Waals surface area (Å²) in [6.45, 7) is 6.31. The summed E-state index contributed by atoms with van der Waals surface area (Å²) in [5, 5.41) is 15.3. The number of benzene rings is 3. The molecule has 3 aromatic heterocycles. The summed E-state index contributed by atoms with van der Waals surface area (Å²) in [7, 11) is -1.55. The Morgan fingerprint density at radius 2 is 0.756 bits per heavy atom. The summed E-state index contributed by atoms with van der Waals surface area (Å²) >= 11 is 0. The van der Waals surface area contributed by atoms with E-state index in [0.717, 1.165) is 50.9 Å². The minimum absolute atomic E-state index is 0. The maximum absolute atomic E-state index is 6.75. The van der Waals surface area contributed by atoms with Crippen LogP contribution in [0.3, 0.4) is 0 Å². The van der Waals surface area contributed by atoms with Crippen molar-refractivity contribution >= 4 is 7.12 Å². The van der Waals surface area contributed by atoms with Crippen molar-refractivity contribution in [3.8, 4) is 33.8 Å². The molecule has 0 saturated heterocycles. The van der Waals surface area contributed by atoms with E-state index in [1.54, 1.807) is 0 Å². The first-order chi connectivity index (χ1) is 19.5. The van der Waals surface area contributed by atoms with Crippen LogP contribution in [-0.4, -0.2) is 36.2 Å². The molecule has 3 aromatic carbocycles. The van der Waals surface area contributed by atoms with Crippen molar-refractivity contribution in [1.82, 2.24) is 29.1 Å². The maximum Gasteiger partial charge on any atom is 2.00 e. The Labute approximate surface area is 249 Å². The van der Waals surface area contributed by atoms with Gasteiger partial charge in [0, 0.05) is 16.7 Å². The Morgan fingerprint density at radius 1 is 0.512 bits per heavy atom. The molecule has 41 heavy (non-hydrogen) atoms. The molecule has 0 bridgehead atoms. The molecule has 0 N–H and O–H groups in total. The van der Waals surface area contributed by atoms with Crippen molar-refractivity contribution in [2.24, 2.45) is 0 Å². The van der Waals surface area contributed by atoms with Crippen LogP contribution in [0.4, 0.5) is 0 Å². The van der Waals surface area contributed by atoms with Crippen molar-refractivity contribution in [2.45, 2.75) is 20.8 Å². The van der Waals surface area contributed by atoms with Gasteiger partial charge in [0.1, 0.15) is 0 Å². The predicted octanol–water partition coefficient (Wildman–Crippen LogP) is 6.73. The number of aryl methyl sites for hydroxylation is 3. The fourth-order valence-corrected chi connectivity index (χ4v) is 5.02. The van der Waals surface area contributed by atoms with Crippen LogP contribution in [0.5, 0.6) is 0 Å². The van der Waals surface area contributed by atoms with E-state index < -0.39 is 7.12 Å². The van der Waals surface area contributed by atoms with E-state index in [1.807, 2.05) is 54.6 Å². The molecule has 0 radical (unpaired) electrons. The first-order valence-electron chi connectivity index (χ1n) is 13.0. The van der Waals surface area contributed by atoms with Crippen LogP contribution in [0.25, 0.3) is 49.7 Å². The van der Waals surface area contributed by atoms with Crippen LogP contribution in [-0.2, 0) is 16.5 Å². The van der Waals surface area contributed by atoms with Gasteiger partial charge < -0.3 is 24.8 Å². The average molecular weight is 584 g/mol. The summed E-state index contributed by atoms with van der Waals surface area (Å²) in [4.78, 5) is 1.50. The van der Waals surface area contributed by atoms with Crippen molar-refractivity contribution in [3.63, 3.8) is 0 Å². The third-order valence-electron chi connectivity index (χ3n) is 6.96. The van der Waals surface area contributed by atoms with Crippen molar-refractivity contribution < 1.29 is 16.5 Å². The molecule has 3 heterocycles. The second-order valence-corrected chi connectivity index (χ2v) is 9.62. The Hall–Kier alpha value is -4.84. The van der Waals surface area contributed by atoms with E-state index >= 15 is 0 Å². The van der Waals surface area contributed by atoms with Gasteiger partial charge in [-0.25, -0.2) is 15.3 Å². The Balaban J connectivity index is 0.000000929. The Kier molecular flexibility index (Phi) is 9.25. The number of aromatic nitrogens is 6. The van der Waals surface area contributed by atoms with E-state index in [-0.39, 0.29) is 16.5 Å². The first kappa shape index (κ1) is 29.1. The molecule has 9 nitrogen and oxygen atoms in total. The van der Waals surface area contributed by atoms with Gasteiger partial charge in [0.05, 0.1) is 17.1 Å². The average Bonchev–Trinajstić information content (AvgIpc) is 3.68. The Bertz CT molecular complexity index is 1560. The number of hydrogen-bond acceptors (Lipinski definition) is 3. The van der Waals surface area contributed by atoms with Crippen LogP contribution in [0, 0.1) is 20.8 Å². The standard InChI is InChI=1S/C30H28BN6.N3.Ni/c1-22-19-28(25-13-7-4-8-14-25)32-35(22)31(36-23(2)20-29(33-36)26-15-9-5-10-16-26)37-24(3)21-30(34-37)27-17-11-6-12-18-27;1-3-2;/h4-21,31H,1-3H3;;/q2*-1;+2. The van der Waals surface area contributed by atoms with Gasteiger partial charge in [-0.15, -0.1) is 0 Å². The first-order valence-corrected chi connectivity index (χ1v) is 13.0. The predicted molar refractivity (Wildman–Crippen MR) is 161 cm³/mol. The smallest absolute Gasteiger partial charge is 0.400 e. The molecule has 0 fully saturated rings. The summed E-state index contributed by atoms with van der Waals surface area (Å²) in [5.41, 5.74) is 22.8. The fourth-order valence-electron chi connectivity index (χ4n) is 5.02. The molecule has 0 unspecified atom stereocenters. The number of hydrogen-bond donors (Lipinski definition) is 0. The van der Waals surface area contributed by atoms with Crippen molar-refractivity contribution in [3.05, 3.63) is 142 Å². The van der Waals surface area contributed by atoms with Gasteiger partial charge >= 0.3 is 23.6 Å². The van der Waals surface area contributed by atoms with Gasteiger partial charge in [0.25, 0.3) is 0 Å². The third-order valence-corrected chi connectivity index (χ3v) is 6.96. The zero-order chi connectivity index (χ0) is 28.1. The molecule has 11 heteroatoms. The zero-order valence-electron chi connectivity index (χ0n) is 22.9. The second-order valence-electron chi connectivity index (χ2n) is 9.62. The van der Waals surface area contributed by atoms with Crippen LogP contribution in [0.2, 0.25) is 0 Å². The monoisotopic (exact) mass is 583 g/mol. The second kappa shape index (κ2) is 13.0. The molecule has 6 rings (SSSR count). The quantitative estimate of drug-likeness (QED) is 0.0937. The largest absolute Gasteiger partial charge is 2.00 e. The van der Waals surface area contributed by atoms with Gasteiger partial charge in [-0.3, -0.25) is 4.91 Å². The summed E-state index contributed by atoms with van der Waals surface area (Å²) in [5.74, 6) is 0. The maximum atomic E-state index is 6.75. The van der Waals surface area contributed by atoms with Crippen LogP contribution >= 0.6 is 0 Å². The molecule has 206 valence electrons. The zero-order valence-corrected chi connectivity index (χ0v) is 23.9.